The summed E-state index contributed by atoms with van der Waals surface area (Å²) in [4.78, 5) is 37.6. The van der Waals surface area contributed by atoms with Crippen molar-refractivity contribution in [1.82, 2.24) is 5.32 Å². The molecule has 10 heteroatoms. The molecule has 0 rings (SSSR count). The first kappa shape index (κ1) is 72.7. The Bertz CT molecular complexity index is 1470. The maximum absolute atomic E-state index is 13.5. The molecule has 9 nitrogen and oxygen atoms in total. The van der Waals surface area contributed by atoms with Crippen LogP contribution in [0.25, 0.3) is 0 Å². The zero-order valence-corrected chi connectivity index (χ0v) is 50.9. The number of hydrogen-bond donors (Lipinski definition) is 2. The van der Waals surface area contributed by atoms with E-state index in [1.807, 2.05) is 33.3 Å². The SMILES string of the molecule is CCCCC/C=C\C/C=C\C/C=C\C/C=C\CCCCCCCCCCCCCC(=O)OC(/C=C\CCCCCCCCCCC)C(COP(=O)(O)OCC[N+](C)(C)C)NC(=O)CCCCCCCCCCCCC. The van der Waals surface area contributed by atoms with E-state index in [0.717, 1.165) is 77.0 Å². The fourth-order valence-corrected chi connectivity index (χ4v) is 9.78. The van der Waals surface area contributed by atoms with Crippen molar-refractivity contribution in [2.75, 3.05) is 40.9 Å². The molecule has 0 aliphatic carbocycles. The maximum atomic E-state index is 13.5. The van der Waals surface area contributed by atoms with Gasteiger partial charge in [-0.15, -0.1) is 0 Å². The van der Waals surface area contributed by atoms with Crippen molar-refractivity contribution >= 4 is 19.7 Å². The van der Waals surface area contributed by atoms with Crippen molar-refractivity contribution in [1.29, 1.82) is 0 Å². The second-order valence-electron chi connectivity index (χ2n) is 22.6. The van der Waals surface area contributed by atoms with Crippen molar-refractivity contribution < 1.29 is 37.3 Å². The van der Waals surface area contributed by atoms with Gasteiger partial charge in [0, 0.05) is 12.8 Å². The predicted octanol–water partition coefficient (Wildman–Crippen LogP) is 19.4. The summed E-state index contributed by atoms with van der Waals surface area (Å²) in [5, 5.41) is 3.05. The minimum Gasteiger partial charge on any atom is -0.456 e. The van der Waals surface area contributed by atoms with Gasteiger partial charge in [-0.3, -0.25) is 18.6 Å². The van der Waals surface area contributed by atoms with Crippen LogP contribution in [0.15, 0.2) is 60.8 Å². The average Bonchev–Trinajstić information content (AvgIpc) is 3.37. The number of ether oxygens (including phenoxy) is 1. The Morgan fingerprint density at radius 2 is 0.813 bits per heavy atom. The van der Waals surface area contributed by atoms with Crippen molar-refractivity contribution in [2.24, 2.45) is 0 Å². The number of esters is 1. The van der Waals surface area contributed by atoms with Crippen LogP contribution in [0, 0.1) is 0 Å². The highest BCUT2D eigenvalue weighted by atomic mass is 31.2. The molecule has 438 valence electrons. The number of nitrogens with zero attached hydrogens (tertiary/aromatic N) is 1. The number of amides is 1. The number of hydrogen-bond acceptors (Lipinski definition) is 6. The molecule has 0 aliphatic rings. The van der Waals surface area contributed by atoms with E-state index in [2.05, 4.69) is 74.7 Å². The Balaban J connectivity index is 5.00. The van der Waals surface area contributed by atoms with Gasteiger partial charge in [0.15, 0.2) is 0 Å². The molecule has 75 heavy (non-hydrogen) atoms. The molecule has 0 saturated carbocycles. The molecule has 0 aromatic heterocycles. The quantitative estimate of drug-likeness (QED) is 0.0205. The molecule has 0 aliphatic heterocycles. The van der Waals surface area contributed by atoms with Crippen LogP contribution in [0.4, 0.5) is 0 Å². The lowest BCUT2D eigenvalue weighted by atomic mass is 10.0. The molecule has 0 saturated heterocycles. The molecule has 1 amide bonds. The van der Waals surface area contributed by atoms with Gasteiger partial charge >= 0.3 is 13.8 Å². The van der Waals surface area contributed by atoms with Crippen molar-refractivity contribution in [2.45, 2.75) is 303 Å². The number of quaternary nitrogens is 1. The van der Waals surface area contributed by atoms with Gasteiger partial charge in [-0.25, -0.2) is 4.57 Å². The Hall–Kier alpha value is -2.29. The normalized spacial score (nSPS) is 14.1. The summed E-state index contributed by atoms with van der Waals surface area (Å²) >= 11 is 0. The molecule has 0 bridgehead atoms. The number of nitrogens with one attached hydrogen (secondary N) is 1. The summed E-state index contributed by atoms with van der Waals surface area (Å²) < 4.78 is 30.6. The Labute approximate surface area is 464 Å². The van der Waals surface area contributed by atoms with Crippen molar-refractivity contribution in [3.63, 3.8) is 0 Å². The molecule has 0 heterocycles. The number of rotatable bonds is 57. The zero-order valence-electron chi connectivity index (χ0n) is 50.0. The van der Waals surface area contributed by atoms with Gasteiger partial charge in [-0.2, -0.15) is 0 Å². The summed E-state index contributed by atoms with van der Waals surface area (Å²) in [5.74, 6) is -0.503. The molecule has 0 fully saturated rings. The second-order valence-corrected chi connectivity index (χ2v) is 24.0. The topological polar surface area (TPSA) is 111 Å². The van der Waals surface area contributed by atoms with E-state index in [1.165, 1.54) is 180 Å². The number of likely N-dealkylation sites (N-methyl/N-ethyl adjacent to an activating group) is 1. The van der Waals surface area contributed by atoms with Crippen LogP contribution < -0.4 is 5.32 Å². The largest absolute Gasteiger partial charge is 0.472 e. The maximum Gasteiger partial charge on any atom is 0.472 e. The number of allylic oxidation sites excluding steroid dienone is 9. The molecule has 0 aromatic rings. The first-order chi connectivity index (χ1) is 36.4. The van der Waals surface area contributed by atoms with Gasteiger partial charge in [0.2, 0.25) is 5.91 Å². The van der Waals surface area contributed by atoms with Crippen LogP contribution >= 0.6 is 7.82 Å². The van der Waals surface area contributed by atoms with Crippen LogP contribution in [0.1, 0.15) is 290 Å². The minimum absolute atomic E-state index is 0.0402. The number of unbranched alkanes of at least 4 members (excludes halogenated alkanes) is 33. The summed E-state index contributed by atoms with van der Waals surface area (Å²) in [7, 11) is 1.50. The summed E-state index contributed by atoms with van der Waals surface area (Å²) in [5.41, 5.74) is 0. The summed E-state index contributed by atoms with van der Waals surface area (Å²) in [6.45, 7) is 6.98. The third-order valence-corrected chi connectivity index (χ3v) is 14.9. The Kier molecular flexibility index (Phi) is 53.4. The highest BCUT2D eigenvalue weighted by molar-refractivity contribution is 7.47. The van der Waals surface area contributed by atoms with E-state index in [4.69, 9.17) is 13.8 Å². The fourth-order valence-electron chi connectivity index (χ4n) is 9.04. The lowest BCUT2D eigenvalue weighted by molar-refractivity contribution is -0.870. The molecule has 3 atom stereocenters. The number of phosphoric acid groups is 1. The van der Waals surface area contributed by atoms with Crippen molar-refractivity contribution in [3.8, 4) is 0 Å². The minimum atomic E-state index is -4.44. The third-order valence-electron chi connectivity index (χ3n) is 14.0. The Morgan fingerprint density at radius 3 is 1.24 bits per heavy atom. The number of carbonyl (C=O) groups excluding carboxylic acids is 2. The molecule has 0 radical (unpaired) electrons. The van der Waals surface area contributed by atoms with E-state index in [9.17, 15) is 19.0 Å². The molecular weight excluding hydrogens is 952 g/mol. The molecular formula is C65H122N2O7P+. The number of carbonyl (C=O) groups is 2. The van der Waals surface area contributed by atoms with Crippen LogP contribution in [0.3, 0.4) is 0 Å². The van der Waals surface area contributed by atoms with Crippen LogP contribution in [-0.2, 0) is 27.9 Å². The van der Waals surface area contributed by atoms with E-state index < -0.39 is 20.0 Å². The van der Waals surface area contributed by atoms with Gasteiger partial charge in [0.1, 0.15) is 19.3 Å². The van der Waals surface area contributed by atoms with Crippen LogP contribution in [-0.4, -0.2) is 74.3 Å². The van der Waals surface area contributed by atoms with E-state index in [0.29, 0.717) is 17.4 Å². The molecule has 2 N–H and O–H groups in total. The lowest BCUT2D eigenvalue weighted by Crippen LogP contribution is -2.47. The highest BCUT2D eigenvalue weighted by Crippen LogP contribution is 2.43. The Morgan fingerprint density at radius 1 is 0.467 bits per heavy atom. The lowest BCUT2D eigenvalue weighted by Gasteiger charge is -2.27. The molecule has 0 aromatic carbocycles. The first-order valence-electron chi connectivity index (χ1n) is 31.6. The highest BCUT2D eigenvalue weighted by Gasteiger charge is 2.30. The zero-order chi connectivity index (χ0) is 55.0. The van der Waals surface area contributed by atoms with Crippen molar-refractivity contribution in [3.05, 3.63) is 60.8 Å². The van der Waals surface area contributed by atoms with Gasteiger partial charge < -0.3 is 19.4 Å². The van der Waals surface area contributed by atoms with Crippen LogP contribution in [0.5, 0.6) is 0 Å². The summed E-state index contributed by atoms with van der Waals surface area (Å²) in [6, 6.07) is -0.846. The number of phosphoric ester groups is 1. The van der Waals surface area contributed by atoms with Gasteiger partial charge in [0.05, 0.1) is 33.8 Å². The van der Waals surface area contributed by atoms with Crippen LogP contribution in [0.2, 0.25) is 0 Å². The van der Waals surface area contributed by atoms with E-state index in [-0.39, 0.29) is 31.5 Å². The second kappa shape index (κ2) is 55.0. The molecule has 3 unspecified atom stereocenters. The van der Waals surface area contributed by atoms with E-state index in [1.54, 1.807) is 0 Å². The predicted molar refractivity (Wildman–Crippen MR) is 323 cm³/mol. The van der Waals surface area contributed by atoms with E-state index >= 15 is 0 Å². The smallest absolute Gasteiger partial charge is 0.456 e. The average molecular weight is 1070 g/mol. The molecule has 0 spiro atoms. The monoisotopic (exact) mass is 1070 g/mol. The first-order valence-corrected chi connectivity index (χ1v) is 33.1. The van der Waals surface area contributed by atoms with Gasteiger partial charge in [-0.1, -0.05) is 262 Å². The fraction of sp³-hybridized carbons (Fsp3) is 0.815. The standard InChI is InChI=1S/C65H121N2O7P/c1-7-10-13-16-19-22-25-26-27-28-29-30-31-32-33-34-35-36-37-38-39-40-43-46-49-52-55-58-65(69)74-63(56-53-50-47-44-41-23-20-17-14-11-8-2)62(61-73-75(70,71)72-60-59-67(4,5)6)66-64(68)57-54-51-48-45-42-24-21-18-15-12-9-3/h19,22,26-27,29-30,32-33,53,56,62-63H,7-18,20-21,23-25,28,31,34-52,54-55,57-61H2,1-6H3,(H-,66,68,70,71)/p+1/b22-19-,27-26-,30-29-,33-32-,56-53-. The van der Waals surface area contributed by atoms with Gasteiger partial charge in [0.25, 0.3) is 0 Å². The summed E-state index contributed by atoms with van der Waals surface area (Å²) in [6.07, 6.45) is 69.4. The van der Waals surface area contributed by atoms with Gasteiger partial charge in [-0.05, 0) is 76.7 Å². The third kappa shape index (κ3) is 56.2.